The monoisotopic (exact) mass is 419 g/mol. The molecule has 28 heavy (non-hydrogen) atoms. The molecule has 150 valence electrons. The number of rotatable bonds is 7. The molecule has 1 aliphatic rings. The number of carbonyl (C=O) groups excluding carboxylic acids is 1. The van der Waals surface area contributed by atoms with Gasteiger partial charge in [-0.25, -0.2) is 13.4 Å². The molecule has 2 aromatic rings. The molecule has 1 aromatic heterocycles. The SMILES string of the molecule is CCC(CC)C(=O)N1N=C(c2cccc(NS(C)(=O)=O)c2)C[C@@H]1c1cccs1. The van der Waals surface area contributed by atoms with Gasteiger partial charge in [0.15, 0.2) is 0 Å². The van der Waals surface area contributed by atoms with Crippen LogP contribution in [-0.4, -0.2) is 31.3 Å². The van der Waals surface area contributed by atoms with Gasteiger partial charge < -0.3 is 0 Å². The molecule has 0 aliphatic carbocycles. The highest BCUT2D eigenvalue weighted by Gasteiger charge is 2.35. The largest absolute Gasteiger partial charge is 0.284 e. The van der Waals surface area contributed by atoms with Gasteiger partial charge in [0.25, 0.3) is 0 Å². The van der Waals surface area contributed by atoms with Crippen LogP contribution < -0.4 is 4.72 Å². The summed E-state index contributed by atoms with van der Waals surface area (Å²) in [5.41, 5.74) is 2.09. The normalized spacial score (nSPS) is 17.1. The van der Waals surface area contributed by atoms with Crippen molar-refractivity contribution >= 4 is 38.7 Å². The van der Waals surface area contributed by atoms with E-state index in [4.69, 9.17) is 0 Å². The Balaban J connectivity index is 1.94. The maximum Gasteiger partial charge on any atom is 0.246 e. The summed E-state index contributed by atoms with van der Waals surface area (Å²) in [5.74, 6) is -0.00684. The molecule has 1 aromatic carbocycles. The number of nitrogens with one attached hydrogen (secondary N) is 1. The van der Waals surface area contributed by atoms with Crippen LogP contribution >= 0.6 is 11.3 Å². The van der Waals surface area contributed by atoms with Gasteiger partial charge in [-0.2, -0.15) is 5.10 Å². The average Bonchev–Trinajstić information content (AvgIpc) is 3.31. The molecule has 0 saturated carbocycles. The quantitative estimate of drug-likeness (QED) is 0.729. The molecule has 0 bridgehead atoms. The predicted molar refractivity (Wildman–Crippen MR) is 114 cm³/mol. The fourth-order valence-electron chi connectivity index (χ4n) is 3.39. The van der Waals surface area contributed by atoms with Gasteiger partial charge >= 0.3 is 0 Å². The maximum atomic E-state index is 13.1. The molecule has 1 amide bonds. The number of amides is 1. The second-order valence-electron chi connectivity index (χ2n) is 6.93. The van der Waals surface area contributed by atoms with Crippen LogP contribution in [0.25, 0.3) is 0 Å². The van der Waals surface area contributed by atoms with Crippen molar-refractivity contribution in [2.75, 3.05) is 11.0 Å². The standard InChI is InChI=1S/C20H25N3O3S2/c1-4-14(5-2)20(24)23-18(19-10-7-11-27-19)13-17(21-23)15-8-6-9-16(12-15)22-28(3,25)26/h6-12,14,18,22H,4-5,13H2,1-3H3/t18-/m1/s1. The van der Waals surface area contributed by atoms with Crippen LogP contribution in [0.4, 0.5) is 5.69 Å². The van der Waals surface area contributed by atoms with Gasteiger partial charge in [0.2, 0.25) is 15.9 Å². The van der Waals surface area contributed by atoms with E-state index in [1.807, 2.05) is 37.4 Å². The Morgan fingerprint density at radius 2 is 2.04 bits per heavy atom. The van der Waals surface area contributed by atoms with Crippen LogP contribution in [0.15, 0.2) is 46.9 Å². The molecule has 1 N–H and O–H groups in total. The summed E-state index contributed by atoms with van der Waals surface area (Å²) in [7, 11) is -3.36. The number of benzene rings is 1. The molecule has 0 radical (unpaired) electrons. The van der Waals surface area contributed by atoms with Crippen molar-refractivity contribution in [3.63, 3.8) is 0 Å². The molecule has 6 nitrogen and oxygen atoms in total. The lowest BCUT2D eigenvalue weighted by molar-refractivity contribution is -0.137. The van der Waals surface area contributed by atoms with Crippen molar-refractivity contribution in [1.82, 2.24) is 5.01 Å². The Morgan fingerprint density at radius 1 is 1.29 bits per heavy atom. The van der Waals surface area contributed by atoms with Crippen LogP contribution in [0.2, 0.25) is 0 Å². The number of hydrogen-bond donors (Lipinski definition) is 1. The summed E-state index contributed by atoms with van der Waals surface area (Å²) in [5, 5.41) is 8.32. The van der Waals surface area contributed by atoms with Crippen LogP contribution in [0.1, 0.15) is 49.6 Å². The Morgan fingerprint density at radius 3 is 2.64 bits per heavy atom. The third-order valence-electron chi connectivity index (χ3n) is 4.84. The van der Waals surface area contributed by atoms with Crippen molar-refractivity contribution < 1.29 is 13.2 Å². The van der Waals surface area contributed by atoms with E-state index in [1.54, 1.807) is 34.5 Å². The molecular weight excluding hydrogens is 394 g/mol. The molecule has 0 fully saturated rings. The first-order valence-corrected chi connectivity index (χ1v) is 12.1. The van der Waals surface area contributed by atoms with Crippen molar-refractivity contribution in [3.05, 3.63) is 52.2 Å². The molecule has 8 heteroatoms. The second-order valence-corrected chi connectivity index (χ2v) is 9.66. The number of hydrogen-bond acceptors (Lipinski definition) is 5. The Kier molecular flexibility index (Phi) is 6.20. The van der Waals surface area contributed by atoms with Crippen molar-refractivity contribution in [2.24, 2.45) is 11.0 Å². The summed E-state index contributed by atoms with van der Waals surface area (Å²) >= 11 is 1.62. The minimum atomic E-state index is -3.36. The molecular formula is C20H25N3O3S2. The van der Waals surface area contributed by atoms with Crippen molar-refractivity contribution in [1.29, 1.82) is 0 Å². The molecule has 1 atom stereocenters. The van der Waals surface area contributed by atoms with E-state index in [-0.39, 0.29) is 17.9 Å². The first-order valence-electron chi connectivity index (χ1n) is 9.34. The van der Waals surface area contributed by atoms with E-state index < -0.39 is 10.0 Å². The third-order valence-corrected chi connectivity index (χ3v) is 6.42. The van der Waals surface area contributed by atoms with E-state index in [1.165, 1.54) is 0 Å². The first kappa shape index (κ1) is 20.5. The van der Waals surface area contributed by atoms with E-state index in [9.17, 15) is 13.2 Å². The topological polar surface area (TPSA) is 78.8 Å². The first-order chi connectivity index (χ1) is 13.3. The minimum Gasteiger partial charge on any atom is -0.284 e. The lowest BCUT2D eigenvalue weighted by atomic mass is 10.00. The van der Waals surface area contributed by atoms with Gasteiger partial charge in [-0.1, -0.05) is 32.0 Å². The highest BCUT2D eigenvalue weighted by Crippen LogP contribution is 2.37. The zero-order chi connectivity index (χ0) is 20.3. The lowest BCUT2D eigenvalue weighted by Crippen LogP contribution is -2.32. The van der Waals surface area contributed by atoms with Crippen LogP contribution in [0.5, 0.6) is 0 Å². The van der Waals surface area contributed by atoms with Gasteiger partial charge in [-0.3, -0.25) is 9.52 Å². The number of nitrogens with zero attached hydrogens (tertiary/aromatic N) is 2. The fourth-order valence-corrected chi connectivity index (χ4v) is 4.76. The Bertz CT molecular complexity index is 964. The third kappa shape index (κ3) is 4.62. The predicted octanol–water partition coefficient (Wildman–Crippen LogP) is 4.23. The zero-order valence-electron chi connectivity index (χ0n) is 16.3. The number of carbonyl (C=O) groups is 1. The number of anilines is 1. The van der Waals surface area contributed by atoms with E-state index >= 15 is 0 Å². The molecule has 0 saturated heterocycles. The van der Waals surface area contributed by atoms with Gasteiger partial charge in [-0.05, 0) is 42.0 Å². The second kappa shape index (κ2) is 8.45. The van der Waals surface area contributed by atoms with Gasteiger partial charge in [-0.15, -0.1) is 11.3 Å². The summed E-state index contributed by atoms with van der Waals surface area (Å²) in [6, 6.07) is 11.0. The van der Waals surface area contributed by atoms with Crippen LogP contribution in [0.3, 0.4) is 0 Å². The molecule has 2 heterocycles. The van der Waals surface area contributed by atoms with Gasteiger partial charge in [0.1, 0.15) is 0 Å². The Hall–Kier alpha value is -2.19. The smallest absolute Gasteiger partial charge is 0.246 e. The van der Waals surface area contributed by atoms with Crippen LogP contribution in [0, 0.1) is 5.92 Å². The fraction of sp³-hybridized carbons (Fsp3) is 0.400. The number of thiophene rings is 1. The lowest BCUT2D eigenvalue weighted by Gasteiger charge is -2.24. The summed E-state index contributed by atoms with van der Waals surface area (Å²) in [4.78, 5) is 14.2. The van der Waals surface area contributed by atoms with E-state index in [0.717, 1.165) is 35.2 Å². The van der Waals surface area contributed by atoms with Crippen molar-refractivity contribution in [3.8, 4) is 0 Å². The molecule has 0 spiro atoms. The zero-order valence-corrected chi connectivity index (χ0v) is 17.9. The summed E-state index contributed by atoms with van der Waals surface area (Å²) in [6.07, 6.45) is 3.29. The number of sulfonamides is 1. The van der Waals surface area contributed by atoms with Gasteiger partial charge in [0.05, 0.1) is 18.0 Å². The van der Waals surface area contributed by atoms with E-state index in [2.05, 4.69) is 9.82 Å². The highest BCUT2D eigenvalue weighted by atomic mass is 32.2. The summed E-state index contributed by atoms with van der Waals surface area (Å²) in [6.45, 7) is 4.04. The van der Waals surface area contributed by atoms with Crippen molar-refractivity contribution in [2.45, 2.75) is 39.2 Å². The van der Waals surface area contributed by atoms with E-state index in [0.29, 0.717) is 12.1 Å². The van der Waals surface area contributed by atoms with Crippen LogP contribution in [-0.2, 0) is 14.8 Å². The molecule has 0 unspecified atom stereocenters. The molecule has 3 rings (SSSR count). The Labute approximate surface area is 170 Å². The highest BCUT2D eigenvalue weighted by molar-refractivity contribution is 7.92. The summed E-state index contributed by atoms with van der Waals surface area (Å²) < 4.78 is 25.6. The average molecular weight is 420 g/mol. The minimum absolute atomic E-state index is 0.0452. The molecule has 1 aliphatic heterocycles. The maximum absolute atomic E-state index is 13.1. The van der Waals surface area contributed by atoms with Gasteiger partial charge in [0, 0.05) is 22.9 Å². The number of hydrazone groups is 1.